The number of aryl methyl sites for hydroxylation is 1. The molecule has 30 heavy (non-hydrogen) atoms. The van der Waals surface area contributed by atoms with Crippen LogP contribution >= 0.6 is 0 Å². The average Bonchev–Trinajstić information content (AvgIpc) is 3.53. The summed E-state index contributed by atoms with van der Waals surface area (Å²) in [5.74, 6) is 0.494. The Hall–Kier alpha value is -2.66. The van der Waals surface area contributed by atoms with Gasteiger partial charge in [-0.3, -0.25) is 15.1 Å². The first-order chi connectivity index (χ1) is 14.4. The van der Waals surface area contributed by atoms with Gasteiger partial charge in [-0.2, -0.15) is 0 Å². The molecule has 0 spiro atoms. The molecule has 5 nitrogen and oxygen atoms in total. The van der Waals surface area contributed by atoms with E-state index < -0.39 is 5.54 Å². The second kappa shape index (κ2) is 7.88. The van der Waals surface area contributed by atoms with Crippen LogP contribution in [0.2, 0.25) is 0 Å². The van der Waals surface area contributed by atoms with Crippen LogP contribution in [0, 0.1) is 24.2 Å². The van der Waals surface area contributed by atoms with Gasteiger partial charge >= 0.3 is 0 Å². The minimum atomic E-state index is -0.915. The number of hydrogen-bond donors (Lipinski definition) is 3. The third-order valence-electron chi connectivity index (χ3n) is 6.29. The molecule has 1 unspecified atom stereocenters. The third kappa shape index (κ3) is 3.52. The largest absolute Gasteiger partial charge is 0.394 e. The van der Waals surface area contributed by atoms with Crippen molar-refractivity contribution < 1.29 is 9.90 Å². The van der Waals surface area contributed by atoms with Crippen LogP contribution in [0.5, 0.6) is 0 Å². The van der Waals surface area contributed by atoms with Crippen molar-refractivity contribution in [2.24, 2.45) is 11.8 Å². The lowest BCUT2D eigenvalue weighted by molar-refractivity contribution is -0.134. The molecule has 158 valence electrons. The molecule has 2 atom stereocenters. The van der Waals surface area contributed by atoms with Crippen LogP contribution in [0.1, 0.15) is 44.2 Å². The SMILES string of the molecule is Cc1cccc(-c2cccc(C3(C4CC4)NC(=N)N([C@H](CO)CC(C)C)C3=O)c2)c1. The van der Waals surface area contributed by atoms with Crippen LogP contribution < -0.4 is 5.32 Å². The van der Waals surface area contributed by atoms with Gasteiger partial charge in [0, 0.05) is 0 Å². The standard InChI is InChI=1S/C25H31N3O2/c1-16(2)12-22(15-29)28-23(30)25(20-10-11-20,27-24(28)26)21-9-5-8-19(14-21)18-7-4-6-17(3)13-18/h4-9,13-14,16,20,22,29H,10-12,15H2,1-3H3,(H2,26,27)/t22-,25?/m0/s1. The summed E-state index contributed by atoms with van der Waals surface area (Å²) < 4.78 is 0. The Labute approximate surface area is 178 Å². The van der Waals surface area contributed by atoms with Gasteiger partial charge in [0.1, 0.15) is 5.54 Å². The summed E-state index contributed by atoms with van der Waals surface area (Å²) in [5, 5.41) is 21.8. The summed E-state index contributed by atoms with van der Waals surface area (Å²) in [5.41, 5.74) is 3.37. The summed E-state index contributed by atoms with van der Waals surface area (Å²) in [6, 6.07) is 16.1. The zero-order valence-electron chi connectivity index (χ0n) is 18.0. The smallest absolute Gasteiger partial charge is 0.260 e. The predicted molar refractivity (Wildman–Crippen MR) is 119 cm³/mol. The highest BCUT2D eigenvalue weighted by molar-refractivity contribution is 6.09. The second-order valence-corrected chi connectivity index (χ2v) is 9.15. The van der Waals surface area contributed by atoms with E-state index >= 15 is 0 Å². The first-order valence-electron chi connectivity index (χ1n) is 10.9. The first kappa shape index (κ1) is 20.6. The van der Waals surface area contributed by atoms with E-state index in [1.165, 1.54) is 10.5 Å². The van der Waals surface area contributed by atoms with Crippen LogP contribution in [0.25, 0.3) is 11.1 Å². The number of guanidine groups is 1. The van der Waals surface area contributed by atoms with E-state index in [1.54, 1.807) is 0 Å². The summed E-state index contributed by atoms with van der Waals surface area (Å²) >= 11 is 0. The van der Waals surface area contributed by atoms with E-state index in [-0.39, 0.29) is 30.4 Å². The molecule has 2 aliphatic rings. The van der Waals surface area contributed by atoms with Crippen molar-refractivity contribution in [3.05, 3.63) is 59.7 Å². The van der Waals surface area contributed by atoms with Crippen molar-refractivity contribution in [3.8, 4) is 11.1 Å². The molecule has 0 bridgehead atoms. The fourth-order valence-corrected chi connectivity index (χ4v) is 4.74. The summed E-state index contributed by atoms with van der Waals surface area (Å²) in [6.45, 7) is 6.07. The maximum atomic E-state index is 13.8. The number of aliphatic hydroxyl groups excluding tert-OH is 1. The topological polar surface area (TPSA) is 76.4 Å². The number of nitrogens with zero attached hydrogens (tertiary/aromatic N) is 1. The maximum Gasteiger partial charge on any atom is 0.260 e. The van der Waals surface area contributed by atoms with Crippen molar-refractivity contribution in [2.75, 3.05) is 6.61 Å². The van der Waals surface area contributed by atoms with Crippen molar-refractivity contribution in [1.29, 1.82) is 5.41 Å². The van der Waals surface area contributed by atoms with E-state index in [0.717, 1.165) is 29.5 Å². The van der Waals surface area contributed by atoms with Gasteiger partial charge in [0.15, 0.2) is 5.96 Å². The van der Waals surface area contributed by atoms with Crippen LogP contribution in [0.15, 0.2) is 48.5 Å². The Morgan fingerprint density at radius 1 is 1.17 bits per heavy atom. The molecule has 1 amide bonds. The molecule has 1 saturated carbocycles. The van der Waals surface area contributed by atoms with Gasteiger partial charge < -0.3 is 10.4 Å². The van der Waals surface area contributed by atoms with Gasteiger partial charge in [0.25, 0.3) is 5.91 Å². The van der Waals surface area contributed by atoms with E-state index in [4.69, 9.17) is 5.41 Å². The second-order valence-electron chi connectivity index (χ2n) is 9.15. The Morgan fingerprint density at radius 2 is 1.83 bits per heavy atom. The lowest BCUT2D eigenvalue weighted by Crippen LogP contribution is -2.48. The molecular weight excluding hydrogens is 374 g/mol. The molecule has 3 N–H and O–H groups in total. The number of carbonyl (C=O) groups is 1. The highest BCUT2D eigenvalue weighted by Gasteiger charge is 2.60. The number of rotatable bonds is 7. The number of amides is 1. The van der Waals surface area contributed by atoms with Crippen molar-refractivity contribution in [2.45, 2.75) is 51.6 Å². The lowest BCUT2D eigenvalue weighted by Gasteiger charge is -2.30. The third-order valence-corrected chi connectivity index (χ3v) is 6.29. The van der Waals surface area contributed by atoms with E-state index in [1.807, 2.05) is 18.2 Å². The van der Waals surface area contributed by atoms with Gasteiger partial charge in [-0.25, -0.2) is 0 Å². The number of carbonyl (C=O) groups excluding carboxylic acids is 1. The fourth-order valence-electron chi connectivity index (χ4n) is 4.74. The zero-order chi connectivity index (χ0) is 21.5. The molecule has 1 heterocycles. The molecule has 2 fully saturated rings. The Balaban J connectivity index is 1.75. The van der Waals surface area contributed by atoms with Crippen LogP contribution in [0.3, 0.4) is 0 Å². The predicted octanol–water partition coefficient (Wildman–Crippen LogP) is 4.04. The van der Waals surface area contributed by atoms with Crippen molar-refractivity contribution >= 4 is 11.9 Å². The van der Waals surface area contributed by atoms with Gasteiger partial charge in [-0.1, -0.05) is 61.9 Å². The minimum absolute atomic E-state index is 0.101. The normalized spacial score (nSPS) is 22.5. The van der Waals surface area contributed by atoms with Gasteiger partial charge in [-0.15, -0.1) is 0 Å². The van der Waals surface area contributed by atoms with E-state index in [9.17, 15) is 9.90 Å². The lowest BCUT2D eigenvalue weighted by atomic mass is 9.83. The Kier molecular flexibility index (Phi) is 5.41. The number of benzene rings is 2. The molecular formula is C25H31N3O2. The highest BCUT2D eigenvalue weighted by Crippen LogP contribution is 2.49. The van der Waals surface area contributed by atoms with Crippen LogP contribution in [0.4, 0.5) is 0 Å². The fraction of sp³-hybridized carbons (Fsp3) is 0.440. The number of aliphatic hydroxyl groups is 1. The van der Waals surface area contributed by atoms with Gasteiger partial charge in [0.2, 0.25) is 0 Å². The average molecular weight is 406 g/mol. The number of hydrogen-bond acceptors (Lipinski definition) is 3. The molecule has 2 aromatic carbocycles. The van der Waals surface area contributed by atoms with E-state index in [2.05, 4.69) is 56.4 Å². The van der Waals surface area contributed by atoms with Crippen molar-refractivity contribution in [1.82, 2.24) is 10.2 Å². The highest BCUT2D eigenvalue weighted by atomic mass is 16.3. The summed E-state index contributed by atoms with van der Waals surface area (Å²) in [7, 11) is 0. The van der Waals surface area contributed by atoms with Crippen LogP contribution in [-0.2, 0) is 10.3 Å². The zero-order valence-corrected chi connectivity index (χ0v) is 18.0. The summed E-state index contributed by atoms with van der Waals surface area (Å²) in [4.78, 5) is 15.3. The summed E-state index contributed by atoms with van der Waals surface area (Å²) in [6.07, 6.45) is 2.58. The Bertz CT molecular complexity index is 966. The molecule has 1 saturated heterocycles. The molecule has 0 radical (unpaired) electrons. The van der Waals surface area contributed by atoms with Crippen molar-refractivity contribution in [3.63, 3.8) is 0 Å². The molecule has 2 aromatic rings. The molecule has 1 aliphatic carbocycles. The monoisotopic (exact) mass is 405 g/mol. The van der Waals surface area contributed by atoms with E-state index in [0.29, 0.717) is 12.3 Å². The minimum Gasteiger partial charge on any atom is -0.394 e. The Morgan fingerprint density at radius 3 is 2.43 bits per heavy atom. The van der Waals surface area contributed by atoms with Crippen LogP contribution in [-0.4, -0.2) is 34.5 Å². The number of nitrogens with one attached hydrogen (secondary N) is 2. The molecule has 1 aliphatic heterocycles. The molecule has 0 aromatic heterocycles. The quantitative estimate of drug-likeness (QED) is 0.651. The first-order valence-corrected chi connectivity index (χ1v) is 10.9. The van der Waals surface area contributed by atoms with Gasteiger partial charge in [-0.05, 0) is 60.8 Å². The van der Waals surface area contributed by atoms with Gasteiger partial charge in [0.05, 0.1) is 12.6 Å². The molecule has 5 heteroatoms. The maximum absolute atomic E-state index is 13.8. The molecule has 4 rings (SSSR count).